The average molecular weight is 272 g/mol. The summed E-state index contributed by atoms with van der Waals surface area (Å²) in [6.07, 6.45) is -0.364. The van der Waals surface area contributed by atoms with E-state index in [1.54, 1.807) is 31.2 Å². The molecule has 0 heterocycles. The minimum Gasteiger partial charge on any atom is -0.444 e. The molecule has 0 aromatic carbocycles. The van der Waals surface area contributed by atoms with Crippen molar-refractivity contribution < 1.29 is 14.4 Å². The first-order chi connectivity index (χ1) is 8.51. The molecule has 0 aliphatic rings. The maximum atomic E-state index is 12.1. The van der Waals surface area contributed by atoms with Gasteiger partial charge in [0.25, 0.3) is 0 Å². The summed E-state index contributed by atoms with van der Waals surface area (Å²) < 4.78 is 5.38. The third-order valence-electron chi connectivity index (χ3n) is 2.75. The number of amides is 1. The maximum Gasteiger partial charge on any atom is 0.410 e. The Hall–Kier alpha value is -1.23. The second-order valence-corrected chi connectivity index (χ2v) is 5.95. The third-order valence-corrected chi connectivity index (χ3v) is 2.75. The molecule has 112 valence electrons. The highest BCUT2D eigenvalue weighted by molar-refractivity contribution is 5.68. The first-order valence-corrected chi connectivity index (χ1v) is 6.43. The fraction of sp³-hybridized carbons (Fsp3) is 0.786. The molecule has 0 saturated heterocycles. The molecule has 0 bridgehead atoms. The number of carbonyl (C=O) groups is 1. The van der Waals surface area contributed by atoms with Crippen LogP contribution >= 0.6 is 0 Å². The summed E-state index contributed by atoms with van der Waals surface area (Å²) in [5.74, 6) is 0.197. The first kappa shape index (κ1) is 17.8. The topological polar surface area (TPSA) is 42.0 Å². The summed E-state index contributed by atoms with van der Waals surface area (Å²) in [6, 6.07) is -0.181. The Bertz CT molecular complexity index is 321. The number of ether oxygens (including phenoxy) is 1. The summed E-state index contributed by atoms with van der Waals surface area (Å²) in [4.78, 5) is 18.8. The molecular weight excluding hydrogens is 244 g/mol. The lowest BCUT2D eigenvalue weighted by Gasteiger charge is -2.36. The zero-order chi connectivity index (χ0) is 15.4. The molecule has 1 atom stereocenters. The van der Waals surface area contributed by atoms with Crippen LogP contribution in [0.2, 0.25) is 0 Å². The van der Waals surface area contributed by atoms with Crippen LogP contribution in [-0.2, 0) is 9.57 Å². The predicted octanol–water partition coefficient (Wildman–Crippen LogP) is 2.88. The van der Waals surface area contributed by atoms with E-state index in [-0.39, 0.29) is 18.1 Å². The van der Waals surface area contributed by atoms with Gasteiger partial charge in [0.15, 0.2) is 0 Å². The van der Waals surface area contributed by atoms with Crippen molar-refractivity contribution >= 4 is 6.09 Å². The summed E-state index contributed by atoms with van der Waals surface area (Å²) in [5.41, 5.74) is 0.201. The van der Waals surface area contributed by atoms with Crippen molar-refractivity contribution in [3.8, 4) is 0 Å². The number of rotatable bonds is 5. The van der Waals surface area contributed by atoms with Gasteiger partial charge < -0.3 is 9.64 Å². The van der Waals surface area contributed by atoms with Crippen LogP contribution in [0.25, 0.3) is 0 Å². The van der Waals surface area contributed by atoms with Crippen molar-refractivity contribution in [3.63, 3.8) is 0 Å². The van der Waals surface area contributed by atoms with Crippen LogP contribution in [0.5, 0.6) is 0 Å². The molecule has 0 aromatic heterocycles. The number of hydrogen-bond donors (Lipinski definition) is 0. The lowest BCUT2D eigenvalue weighted by atomic mass is 10.0. The molecule has 0 aromatic rings. The third kappa shape index (κ3) is 5.51. The molecule has 0 fully saturated rings. The van der Waals surface area contributed by atoms with Gasteiger partial charge in [0.05, 0.1) is 18.8 Å². The zero-order valence-electron chi connectivity index (χ0n) is 13.5. The van der Waals surface area contributed by atoms with Crippen molar-refractivity contribution in [2.45, 2.75) is 46.3 Å². The van der Waals surface area contributed by atoms with Crippen LogP contribution in [0, 0.1) is 5.92 Å². The Labute approximate surface area is 117 Å². The zero-order valence-corrected chi connectivity index (χ0v) is 13.5. The molecule has 0 spiro atoms. The Morgan fingerprint density at radius 1 is 1.21 bits per heavy atom. The number of hydrogen-bond acceptors (Lipinski definition) is 4. The smallest absolute Gasteiger partial charge is 0.410 e. The number of likely N-dealkylation sites (N-methyl/N-ethyl adjacent to an activating group) is 2. The second kappa shape index (κ2) is 6.80. The summed E-state index contributed by atoms with van der Waals surface area (Å²) in [7, 11) is 5.05. The monoisotopic (exact) mass is 272 g/mol. The average Bonchev–Trinajstić information content (AvgIpc) is 2.24. The normalized spacial score (nSPS) is 13.1. The van der Waals surface area contributed by atoms with Gasteiger partial charge in [0.1, 0.15) is 5.60 Å². The first-order valence-electron chi connectivity index (χ1n) is 6.43. The standard InChI is InChI=1S/C14H28N2O3/c1-10(2)12(11(3)16(8)18-9)15(7)13(17)19-14(4,5)6/h10,12H,3H2,1-2,4-9H3. The van der Waals surface area contributed by atoms with E-state index in [0.717, 1.165) is 0 Å². The van der Waals surface area contributed by atoms with Crippen LogP contribution in [0.1, 0.15) is 34.6 Å². The van der Waals surface area contributed by atoms with Crippen molar-refractivity contribution in [1.82, 2.24) is 9.96 Å². The molecule has 0 aliphatic heterocycles. The van der Waals surface area contributed by atoms with Gasteiger partial charge in [-0.3, -0.25) is 9.90 Å². The van der Waals surface area contributed by atoms with Crippen LogP contribution in [-0.4, -0.2) is 48.9 Å². The molecule has 5 heteroatoms. The van der Waals surface area contributed by atoms with Crippen molar-refractivity contribution in [1.29, 1.82) is 0 Å². The minimum atomic E-state index is -0.513. The van der Waals surface area contributed by atoms with E-state index >= 15 is 0 Å². The molecule has 0 aliphatic carbocycles. The fourth-order valence-electron chi connectivity index (χ4n) is 1.81. The van der Waals surface area contributed by atoms with E-state index in [1.807, 2.05) is 34.6 Å². The van der Waals surface area contributed by atoms with Gasteiger partial charge in [-0.15, -0.1) is 0 Å². The lowest BCUT2D eigenvalue weighted by molar-refractivity contribution is -0.0900. The molecule has 0 radical (unpaired) electrons. The molecular formula is C14H28N2O3. The quantitative estimate of drug-likeness (QED) is 0.722. The Kier molecular flexibility index (Phi) is 6.36. The predicted molar refractivity (Wildman–Crippen MR) is 76.5 cm³/mol. The number of hydroxylamine groups is 2. The fourth-order valence-corrected chi connectivity index (χ4v) is 1.81. The van der Waals surface area contributed by atoms with Crippen LogP contribution in [0.4, 0.5) is 4.79 Å². The largest absolute Gasteiger partial charge is 0.444 e. The van der Waals surface area contributed by atoms with Gasteiger partial charge >= 0.3 is 6.09 Å². The Morgan fingerprint density at radius 3 is 2.00 bits per heavy atom. The van der Waals surface area contributed by atoms with Crippen LogP contribution < -0.4 is 0 Å². The van der Waals surface area contributed by atoms with Crippen LogP contribution in [0.3, 0.4) is 0 Å². The van der Waals surface area contributed by atoms with Gasteiger partial charge in [0, 0.05) is 14.1 Å². The van der Waals surface area contributed by atoms with E-state index in [1.165, 1.54) is 0 Å². The minimum absolute atomic E-state index is 0.181. The van der Waals surface area contributed by atoms with Gasteiger partial charge in [0.2, 0.25) is 0 Å². The molecule has 0 rings (SSSR count). The summed E-state index contributed by atoms with van der Waals surface area (Å²) in [5, 5.41) is 1.56. The van der Waals surface area contributed by atoms with E-state index in [4.69, 9.17) is 9.57 Å². The lowest BCUT2D eigenvalue weighted by Crippen LogP contribution is -2.46. The van der Waals surface area contributed by atoms with Crippen molar-refractivity contribution in [2.75, 3.05) is 21.2 Å². The SMILES string of the molecule is C=C(C(C(C)C)N(C)C(=O)OC(C)(C)C)N(C)OC. The summed E-state index contributed by atoms with van der Waals surface area (Å²) in [6.45, 7) is 13.6. The molecule has 5 nitrogen and oxygen atoms in total. The van der Waals surface area contributed by atoms with E-state index < -0.39 is 5.60 Å². The highest BCUT2D eigenvalue weighted by Gasteiger charge is 2.30. The molecule has 0 saturated carbocycles. The van der Waals surface area contributed by atoms with E-state index in [0.29, 0.717) is 5.70 Å². The Balaban J connectivity index is 5.00. The van der Waals surface area contributed by atoms with Gasteiger partial charge in [-0.25, -0.2) is 4.79 Å². The van der Waals surface area contributed by atoms with Crippen molar-refractivity contribution in [2.24, 2.45) is 5.92 Å². The van der Waals surface area contributed by atoms with Gasteiger partial charge in [-0.1, -0.05) is 20.4 Å². The van der Waals surface area contributed by atoms with Crippen LogP contribution in [0.15, 0.2) is 12.3 Å². The molecule has 1 unspecified atom stereocenters. The highest BCUT2D eigenvalue weighted by atomic mass is 16.7. The van der Waals surface area contributed by atoms with Crippen molar-refractivity contribution in [3.05, 3.63) is 12.3 Å². The maximum absolute atomic E-state index is 12.1. The number of nitrogens with zero attached hydrogens (tertiary/aromatic N) is 2. The van der Waals surface area contributed by atoms with Gasteiger partial charge in [-0.05, 0) is 26.7 Å². The van der Waals surface area contributed by atoms with Gasteiger partial charge in [-0.2, -0.15) is 0 Å². The second-order valence-electron chi connectivity index (χ2n) is 5.95. The summed E-state index contributed by atoms with van der Waals surface area (Å²) >= 11 is 0. The highest BCUT2D eigenvalue weighted by Crippen LogP contribution is 2.21. The van der Waals surface area contributed by atoms with E-state index in [2.05, 4.69) is 6.58 Å². The van der Waals surface area contributed by atoms with E-state index in [9.17, 15) is 4.79 Å². The molecule has 1 amide bonds. The molecule has 19 heavy (non-hydrogen) atoms. The number of carbonyl (C=O) groups excluding carboxylic acids is 1. The molecule has 0 N–H and O–H groups in total. The Morgan fingerprint density at radius 2 is 1.68 bits per heavy atom.